The maximum Gasteiger partial charge on any atom is 0.272 e. The van der Waals surface area contributed by atoms with E-state index in [9.17, 15) is 9.90 Å². The van der Waals surface area contributed by atoms with Gasteiger partial charge in [-0.25, -0.2) is 5.10 Å². The second-order valence-electron chi connectivity index (χ2n) is 5.65. The number of hydrogen-bond donors (Lipinski definition) is 4. The van der Waals surface area contributed by atoms with Gasteiger partial charge >= 0.3 is 0 Å². The molecular formula is C15H20N4O2. The molecule has 112 valence electrons. The van der Waals surface area contributed by atoms with Crippen molar-refractivity contribution in [3.8, 4) is 0 Å². The molecule has 4 N–H and O–H groups in total. The molecule has 1 aromatic heterocycles. The Kier molecular flexibility index (Phi) is 4.01. The van der Waals surface area contributed by atoms with Gasteiger partial charge in [0.15, 0.2) is 0 Å². The average Bonchev–Trinajstić information content (AvgIpc) is 2.50. The molecule has 0 saturated carbocycles. The van der Waals surface area contributed by atoms with E-state index in [0.29, 0.717) is 25.0 Å². The van der Waals surface area contributed by atoms with E-state index in [4.69, 9.17) is 0 Å². The first-order chi connectivity index (χ1) is 10.2. The Labute approximate surface area is 122 Å². The zero-order valence-corrected chi connectivity index (χ0v) is 11.9. The highest BCUT2D eigenvalue weighted by Gasteiger charge is 2.28. The van der Waals surface area contributed by atoms with Crippen molar-refractivity contribution in [2.24, 2.45) is 0 Å². The van der Waals surface area contributed by atoms with Crippen molar-refractivity contribution in [1.82, 2.24) is 20.8 Å². The van der Waals surface area contributed by atoms with Gasteiger partial charge < -0.3 is 15.7 Å². The van der Waals surface area contributed by atoms with Crippen LogP contribution in [0.4, 0.5) is 0 Å². The predicted molar refractivity (Wildman–Crippen MR) is 81.1 cm³/mol. The van der Waals surface area contributed by atoms with Crippen molar-refractivity contribution >= 4 is 10.8 Å². The molecule has 6 nitrogen and oxygen atoms in total. The summed E-state index contributed by atoms with van der Waals surface area (Å²) >= 11 is 0. The summed E-state index contributed by atoms with van der Waals surface area (Å²) in [5.74, 6) is 0. The number of benzene rings is 1. The fourth-order valence-corrected chi connectivity index (χ4v) is 2.82. The molecule has 2 heterocycles. The molecule has 0 bridgehead atoms. The van der Waals surface area contributed by atoms with Crippen LogP contribution in [0, 0.1) is 0 Å². The lowest BCUT2D eigenvalue weighted by molar-refractivity contribution is 0.0168. The second-order valence-corrected chi connectivity index (χ2v) is 5.65. The van der Waals surface area contributed by atoms with Gasteiger partial charge in [0.05, 0.1) is 16.7 Å². The van der Waals surface area contributed by atoms with Crippen LogP contribution in [0.1, 0.15) is 18.5 Å². The number of nitrogens with one attached hydrogen (secondary N) is 3. The summed E-state index contributed by atoms with van der Waals surface area (Å²) in [4.78, 5) is 11.7. The minimum Gasteiger partial charge on any atom is -0.387 e. The summed E-state index contributed by atoms with van der Waals surface area (Å²) in [6, 6.07) is 7.42. The number of H-pyrrole nitrogens is 1. The topological polar surface area (TPSA) is 90.0 Å². The predicted octanol–water partition coefficient (Wildman–Crippen LogP) is 0.127. The van der Waals surface area contributed by atoms with Gasteiger partial charge in [-0.05, 0) is 25.5 Å². The van der Waals surface area contributed by atoms with Gasteiger partial charge in [0, 0.05) is 25.0 Å². The smallest absolute Gasteiger partial charge is 0.272 e. The third-order valence-electron chi connectivity index (χ3n) is 3.97. The normalized spacial score (nSPS) is 22.5. The number of hydrogen-bond acceptors (Lipinski definition) is 5. The minimum atomic E-state index is -0.698. The molecule has 1 fully saturated rings. The maximum atomic E-state index is 11.7. The maximum absolute atomic E-state index is 11.7. The first-order valence-corrected chi connectivity index (χ1v) is 7.28. The number of aliphatic hydroxyl groups is 1. The minimum absolute atomic E-state index is 0.176. The third kappa shape index (κ3) is 3.12. The van der Waals surface area contributed by atoms with E-state index in [0.717, 1.165) is 30.5 Å². The number of nitrogens with zero attached hydrogens (tertiary/aromatic N) is 1. The number of piperidine rings is 1. The molecule has 21 heavy (non-hydrogen) atoms. The van der Waals surface area contributed by atoms with Gasteiger partial charge in [-0.1, -0.05) is 18.2 Å². The summed E-state index contributed by atoms with van der Waals surface area (Å²) in [7, 11) is 0. The first kappa shape index (κ1) is 14.2. The zero-order chi connectivity index (χ0) is 14.7. The summed E-state index contributed by atoms with van der Waals surface area (Å²) < 4.78 is 0. The third-order valence-corrected chi connectivity index (χ3v) is 3.97. The van der Waals surface area contributed by atoms with Crippen LogP contribution < -0.4 is 16.2 Å². The molecule has 1 atom stereocenters. The van der Waals surface area contributed by atoms with E-state index in [1.807, 2.05) is 18.2 Å². The van der Waals surface area contributed by atoms with E-state index >= 15 is 0 Å². The fourth-order valence-electron chi connectivity index (χ4n) is 2.82. The van der Waals surface area contributed by atoms with E-state index < -0.39 is 5.60 Å². The van der Waals surface area contributed by atoms with Crippen LogP contribution in [0.3, 0.4) is 0 Å². The summed E-state index contributed by atoms with van der Waals surface area (Å²) in [6.07, 6.45) is 1.78. The standard InChI is InChI=1S/C15H20N4O2/c20-14-12-5-2-1-4-11(12)13(18-19-14)8-17-10-15(21)6-3-7-16-9-15/h1-2,4-5,16-17,21H,3,6-10H2,(H,19,20)/t15-/m0/s1. The Balaban J connectivity index is 1.71. The fraction of sp³-hybridized carbons (Fsp3) is 0.467. The highest BCUT2D eigenvalue weighted by Crippen LogP contribution is 2.16. The van der Waals surface area contributed by atoms with Gasteiger partial charge in [0.1, 0.15) is 0 Å². The molecule has 0 radical (unpaired) electrons. The Bertz CT molecular complexity index is 677. The lowest BCUT2D eigenvalue weighted by Gasteiger charge is -2.32. The van der Waals surface area contributed by atoms with Crippen molar-refractivity contribution in [1.29, 1.82) is 0 Å². The lowest BCUT2D eigenvalue weighted by Crippen LogP contribution is -2.51. The summed E-state index contributed by atoms with van der Waals surface area (Å²) in [6.45, 7) is 2.60. The van der Waals surface area contributed by atoms with Crippen molar-refractivity contribution < 1.29 is 5.11 Å². The van der Waals surface area contributed by atoms with Gasteiger partial charge in [0.25, 0.3) is 5.56 Å². The van der Waals surface area contributed by atoms with Crippen LogP contribution in [0.5, 0.6) is 0 Å². The largest absolute Gasteiger partial charge is 0.387 e. The Morgan fingerprint density at radius 2 is 2.14 bits per heavy atom. The molecule has 0 amide bonds. The zero-order valence-electron chi connectivity index (χ0n) is 11.9. The van der Waals surface area contributed by atoms with Crippen LogP contribution in [0.2, 0.25) is 0 Å². The number of β-amino-alcohol motifs (C(OH)–C–C–N with tert-alkyl or cyclic N) is 1. The summed E-state index contributed by atoms with van der Waals surface area (Å²) in [5.41, 5.74) is -0.0852. The van der Waals surface area contributed by atoms with Gasteiger partial charge in [-0.15, -0.1) is 0 Å². The number of aromatic nitrogens is 2. The van der Waals surface area contributed by atoms with E-state index in [2.05, 4.69) is 20.8 Å². The van der Waals surface area contributed by atoms with Crippen molar-refractivity contribution in [2.45, 2.75) is 25.0 Å². The molecule has 1 aliphatic heterocycles. The molecule has 0 unspecified atom stereocenters. The monoisotopic (exact) mass is 288 g/mol. The molecule has 0 aliphatic carbocycles. The quantitative estimate of drug-likeness (QED) is 0.642. The van der Waals surface area contributed by atoms with E-state index in [-0.39, 0.29) is 5.56 Å². The number of fused-ring (bicyclic) bond motifs is 1. The molecule has 3 rings (SSSR count). The van der Waals surface area contributed by atoms with Crippen molar-refractivity contribution in [3.05, 3.63) is 40.3 Å². The molecule has 1 aromatic carbocycles. The van der Waals surface area contributed by atoms with Crippen LogP contribution in [-0.2, 0) is 6.54 Å². The first-order valence-electron chi connectivity index (χ1n) is 7.28. The van der Waals surface area contributed by atoms with E-state index in [1.54, 1.807) is 6.07 Å². The van der Waals surface area contributed by atoms with Gasteiger partial charge in [0.2, 0.25) is 0 Å². The van der Waals surface area contributed by atoms with Crippen molar-refractivity contribution in [3.63, 3.8) is 0 Å². The molecule has 1 saturated heterocycles. The highest BCUT2D eigenvalue weighted by molar-refractivity contribution is 5.83. The highest BCUT2D eigenvalue weighted by atomic mass is 16.3. The molecular weight excluding hydrogens is 268 g/mol. The van der Waals surface area contributed by atoms with Gasteiger partial charge in [-0.2, -0.15) is 5.10 Å². The number of aromatic amines is 1. The molecule has 0 spiro atoms. The Morgan fingerprint density at radius 3 is 2.90 bits per heavy atom. The Morgan fingerprint density at radius 1 is 1.33 bits per heavy atom. The van der Waals surface area contributed by atoms with Crippen LogP contribution in [-0.4, -0.2) is 40.5 Å². The SMILES string of the molecule is O=c1[nH]nc(CNC[C@]2(O)CCCNC2)c2ccccc12. The van der Waals surface area contributed by atoms with Crippen LogP contribution >= 0.6 is 0 Å². The Hall–Kier alpha value is -1.76. The van der Waals surface area contributed by atoms with Gasteiger partial charge in [-0.3, -0.25) is 4.79 Å². The van der Waals surface area contributed by atoms with Crippen molar-refractivity contribution in [2.75, 3.05) is 19.6 Å². The lowest BCUT2D eigenvalue weighted by atomic mass is 9.94. The van der Waals surface area contributed by atoms with E-state index in [1.165, 1.54) is 0 Å². The average molecular weight is 288 g/mol. The summed E-state index contributed by atoms with van der Waals surface area (Å²) in [5, 5.41) is 25.0. The molecule has 6 heteroatoms. The van der Waals surface area contributed by atoms with Crippen LogP contribution in [0.15, 0.2) is 29.1 Å². The number of rotatable bonds is 4. The second kappa shape index (κ2) is 5.93. The van der Waals surface area contributed by atoms with Crippen LogP contribution in [0.25, 0.3) is 10.8 Å². The molecule has 2 aromatic rings. The molecule has 1 aliphatic rings.